The van der Waals surface area contributed by atoms with Gasteiger partial charge >= 0.3 is 0 Å². The van der Waals surface area contributed by atoms with E-state index >= 15 is 0 Å². The molecule has 0 radical (unpaired) electrons. The first kappa shape index (κ1) is 15.0. The lowest BCUT2D eigenvalue weighted by Crippen LogP contribution is -2.14. The molecule has 0 spiro atoms. The van der Waals surface area contributed by atoms with E-state index in [0.717, 1.165) is 17.5 Å². The van der Waals surface area contributed by atoms with Gasteiger partial charge in [-0.3, -0.25) is 0 Å². The van der Waals surface area contributed by atoms with Gasteiger partial charge < -0.3 is 10.3 Å². The zero-order valence-corrected chi connectivity index (χ0v) is 13.4. The summed E-state index contributed by atoms with van der Waals surface area (Å²) in [6, 6.07) is 6.32. The Hall–Kier alpha value is -1.35. The second-order valence-electron chi connectivity index (χ2n) is 7.19. The largest absolute Gasteiger partial charge is 0.331 e. The highest BCUT2D eigenvalue weighted by Gasteiger charge is 2.18. The first-order chi connectivity index (χ1) is 9.30. The van der Waals surface area contributed by atoms with Gasteiger partial charge in [-0.25, -0.2) is 4.98 Å². The van der Waals surface area contributed by atoms with Gasteiger partial charge in [-0.1, -0.05) is 33.8 Å². The number of benzene rings is 1. The van der Waals surface area contributed by atoms with E-state index in [9.17, 15) is 0 Å². The van der Waals surface area contributed by atoms with Crippen LogP contribution in [0.3, 0.4) is 0 Å². The van der Waals surface area contributed by atoms with E-state index in [1.807, 2.05) is 0 Å². The van der Waals surface area contributed by atoms with Gasteiger partial charge in [0.1, 0.15) is 5.82 Å². The van der Waals surface area contributed by atoms with Crippen molar-refractivity contribution < 1.29 is 0 Å². The molecule has 0 aliphatic carbocycles. The number of fused-ring (bicyclic) bond motifs is 1. The predicted octanol–water partition coefficient (Wildman–Crippen LogP) is 3.65. The second-order valence-corrected chi connectivity index (χ2v) is 7.19. The van der Waals surface area contributed by atoms with Gasteiger partial charge in [0, 0.05) is 20.0 Å². The van der Waals surface area contributed by atoms with Crippen LogP contribution in [0.15, 0.2) is 18.2 Å². The number of nitrogens with two attached hydrogens (primary N) is 1. The number of hydrogen-bond donors (Lipinski definition) is 1. The molecule has 1 aromatic heterocycles. The Kier molecular flexibility index (Phi) is 4.19. The van der Waals surface area contributed by atoms with Gasteiger partial charge in [-0.2, -0.15) is 0 Å². The monoisotopic (exact) mass is 273 g/mol. The van der Waals surface area contributed by atoms with Crippen molar-refractivity contribution in [1.29, 1.82) is 0 Å². The molecule has 0 amide bonds. The molecule has 3 nitrogen and oxygen atoms in total. The molecule has 0 aliphatic heterocycles. The summed E-state index contributed by atoms with van der Waals surface area (Å²) in [5, 5.41) is 0. The molecule has 0 saturated carbocycles. The Morgan fingerprint density at radius 1 is 1.30 bits per heavy atom. The van der Waals surface area contributed by atoms with Crippen molar-refractivity contribution in [2.45, 2.75) is 47.1 Å². The van der Waals surface area contributed by atoms with Crippen molar-refractivity contribution in [3.8, 4) is 0 Å². The minimum Gasteiger partial charge on any atom is -0.331 e. The number of imidazole rings is 1. The Morgan fingerprint density at radius 2 is 2.00 bits per heavy atom. The normalized spacial score (nSPS) is 13.9. The zero-order valence-electron chi connectivity index (χ0n) is 13.4. The molecule has 1 aromatic carbocycles. The molecule has 0 aliphatic rings. The van der Waals surface area contributed by atoms with Gasteiger partial charge in [0.25, 0.3) is 0 Å². The third-order valence-electron chi connectivity index (χ3n) is 3.77. The van der Waals surface area contributed by atoms with Crippen LogP contribution in [0.1, 0.15) is 45.5 Å². The first-order valence-electron chi connectivity index (χ1n) is 7.44. The minimum atomic E-state index is 0.372. The van der Waals surface area contributed by atoms with E-state index in [1.165, 1.54) is 17.8 Å². The maximum Gasteiger partial charge on any atom is 0.109 e. The molecule has 0 bridgehead atoms. The molecule has 1 heterocycles. The van der Waals surface area contributed by atoms with E-state index in [2.05, 4.69) is 57.5 Å². The van der Waals surface area contributed by atoms with Crippen LogP contribution >= 0.6 is 0 Å². The van der Waals surface area contributed by atoms with Gasteiger partial charge in [-0.15, -0.1) is 0 Å². The van der Waals surface area contributed by atoms with E-state index < -0.39 is 0 Å². The van der Waals surface area contributed by atoms with Crippen molar-refractivity contribution in [2.75, 3.05) is 0 Å². The summed E-state index contributed by atoms with van der Waals surface area (Å²) in [5.74, 6) is 1.81. The molecule has 0 saturated heterocycles. The summed E-state index contributed by atoms with van der Waals surface area (Å²) >= 11 is 0. The van der Waals surface area contributed by atoms with Crippen molar-refractivity contribution in [2.24, 2.45) is 24.1 Å². The molecule has 2 aromatic rings. The highest BCUT2D eigenvalue weighted by atomic mass is 15.1. The lowest BCUT2D eigenvalue weighted by Gasteiger charge is -2.22. The van der Waals surface area contributed by atoms with E-state index in [4.69, 9.17) is 10.7 Å². The molecule has 0 fully saturated rings. The van der Waals surface area contributed by atoms with Crippen LogP contribution in [0, 0.1) is 11.3 Å². The fourth-order valence-corrected chi connectivity index (χ4v) is 3.03. The summed E-state index contributed by atoms with van der Waals surface area (Å²) in [4.78, 5) is 4.80. The van der Waals surface area contributed by atoms with Gasteiger partial charge in [0.2, 0.25) is 0 Å². The smallest absolute Gasteiger partial charge is 0.109 e. The van der Waals surface area contributed by atoms with Crippen LogP contribution in [0.4, 0.5) is 0 Å². The molecule has 1 unspecified atom stereocenters. The minimum absolute atomic E-state index is 0.372. The highest BCUT2D eigenvalue weighted by Crippen LogP contribution is 2.27. The van der Waals surface area contributed by atoms with Crippen molar-refractivity contribution >= 4 is 11.0 Å². The van der Waals surface area contributed by atoms with Crippen LogP contribution in [0.2, 0.25) is 0 Å². The third-order valence-corrected chi connectivity index (χ3v) is 3.77. The quantitative estimate of drug-likeness (QED) is 0.924. The van der Waals surface area contributed by atoms with Crippen molar-refractivity contribution in [1.82, 2.24) is 9.55 Å². The van der Waals surface area contributed by atoms with E-state index in [0.29, 0.717) is 17.9 Å². The molecule has 1 atom stereocenters. The third kappa shape index (κ3) is 3.40. The number of hydrogen-bond acceptors (Lipinski definition) is 2. The standard InChI is InChI=1S/C17H27N3/c1-12(10-17(2,3)4)8-16-19-14-9-13(11-18)6-7-15(14)20(16)5/h6-7,9,12H,8,10-11,18H2,1-5H3. The van der Waals surface area contributed by atoms with E-state index in [-0.39, 0.29) is 0 Å². The molecule has 3 heteroatoms. The van der Waals surface area contributed by atoms with Crippen LogP contribution in [0.25, 0.3) is 11.0 Å². The summed E-state index contributed by atoms with van der Waals surface area (Å²) in [7, 11) is 2.11. The Bertz CT molecular complexity index is 590. The Labute approximate surface area is 122 Å². The van der Waals surface area contributed by atoms with Crippen molar-refractivity contribution in [3.05, 3.63) is 29.6 Å². The fraction of sp³-hybridized carbons (Fsp3) is 0.588. The Morgan fingerprint density at radius 3 is 2.60 bits per heavy atom. The molecule has 110 valence electrons. The maximum atomic E-state index is 5.70. The zero-order chi connectivity index (χ0) is 14.9. The van der Waals surface area contributed by atoms with Crippen LogP contribution in [0.5, 0.6) is 0 Å². The van der Waals surface area contributed by atoms with Crippen LogP contribution in [-0.4, -0.2) is 9.55 Å². The molecular weight excluding hydrogens is 246 g/mol. The number of rotatable bonds is 4. The predicted molar refractivity (Wildman–Crippen MR) is 85.5 cm³/mol. The number of nitrogens with zero attached hydrogens (tertiary/aromatic N) is 2. The average molecular weight is 273 g/mol. The second kappa shape index (κ2) is 5.57. The molecule has 2 N–H and O–H groups in total. The first-order valence-corrected chi connectivity index (χ1v) is 7.44. The lowest BCUT2D eigenvalue weighted by molar-refractivity contribution is 0.303. The average Bonchev–Trinajstić information content (AvgIpc) is 2.63. The fourth-order valence-electron chi connectivity index (χ4n) is 3.03. The summed E-state index contributed by atoms with van der Waals surface area (Å²) in [5.41, 5.74) is 9.47. The molecule has 20 heavy (non-hydrogen) atoms. The Balaban J connectivity index is 2.24. The van der Waals surface area contributed by atoms with Gasteiger partial charge in [0.05, 0.1) is 11.0 Å². The molecule has 2 rings (SSSR count). The van der Waals surface area contributed by atoms with Gasteiger partial charge in [-0.05, 0) is 35.4 Å². The summed E-state index contributed by atoms with van der Waals surface area (Å²) in [6.07, 6.45) is 2.24. The van der Waals surface area contributed by atoms with Crippen molar-refractivity contribution in [3.63, 3.8) is 0 Å². The van der Waals surface area contributed by atoms with Crippen LogP contribution in [-0.2, 0) is 20.0 Å². The van der Waals surface area contributed by atoms with Gasteiger partial charge in [0.15, 0.2) is 0 Å². The highest BCUT2D eigenvalue weighted by molar-refractivity contribution is 5.76. The molecular formula is C17H27N3. The SMILES string of the molecule is CC(Cc1nc2cc(CN)ccc2n1C)CC(C)(C)C. The summed E-state index contributed by atoms with van der Waals surface area (Å²) in [6.45, 7) is 9.78. The van der Waals surface area contributed by atoms with E-state index in [1.54, 1.807) is 0 Å². The van der Waals surface area contributed by atoms with Crippen LogP contribution < -0.4 is 5.73 Å². The topological polar surface area (TPSA) is 43.8 Å². The summed E-state index contributed by atoms with van der Waals surface area (Å²) < 4.78 is 2.22. The number of aromatic nitrogens is 2. The maximum absolute atomic E-state index is 5.70. The number of aryl methyl sites for hydroxylation is 1. The lowest BCUT2D eigenvalue weighted by atomic mass is 9.84.